The molecule has 1 aromatic heterocycles. The highest BCUT2D eigenvalue weighted by atomic mass is 79.9. The second-order valence-corrected chi connectivity index (χ2v) is 5.67. The van der Waals surface area contributed by atoms with Crippen LogP contribution >= 0.6 is 15.9 Å². The molecule has 114 valence electrons. The fraction of sp³-hybridized carbons (Fsp3) is 0.250. The van der Waals surface area contributed by atoms with E-state index in [4.69, 9.17) is 0 Å². The van der Waals surface area contributed by atoms with E-state index in [9.17, 15) is 18.4 Å². The van der Waals surface area contributed by atoms with Gasteiger partial charge in [-0.25, -0.2) is 13.2 Å². The monoisotopic (exact) mass is 368 g/mol. The van der Waals surface area contributed by atoms with E-state index >= 15 is 0 Å². The third-order valence-electron chi connectivity index (χ3n) is 3.55. The van der Waals surface area contributed by atoms with Crippen molar-refractivity contribution in [2.45, 2.75) is 25.2 Å². The number of aromatic nitrogens is 1. The molecule has 6 heteroatoms. The van der Waals surface area contributed by atoms with E-state index in [-0.39, 0.29) is 10.0 Å². The van der Waals surface area contributed by atoms with E-state index in [1.54, 1.807) is 6.92 Å². The van der Waals surface area contributed by atoms with Crippen LogP contribution in [0.4, 0.5) is 13.2 Å². The number of nitriles is 1. The third-order valence-corrected chi connectivity index (χ3v) is 4.15. The Morgan fingerprint density at radius 1 is 1.18 bits per heavy atom. The van der Waals surface area contributed by atoms with Crippen LogP contribution in [0.15, 0.2) is 35.1 Å². The van der Waals surface area contributed by atoms with Crippen molar-refractivity contribution in [3.8, 4) is 6.07 Å². The highest BCUT2D eigenvalue weighted by molar-refractivity contribution is 9.10. The summed E-state index contributed by atoms with van der Waals surface area (Å²) >= 11 is 3.06. The number of nitrogens with zero attached hydrogens (tertiary/aromatic N) is 2. The maximum Gasteiger partial charge on any atom is 0.147 e. The minimum absolute atomic E-state index is 0.163. The van der Waals surface area contributed by atoms with Crippen molar-refractivity contribution < 1.29 is 13.2 Å². The fourth-order valence-electron chi connectivity index (χ4n) is 2.48. The summed E-state index contributed by atoms with van der Waals surface area (Å²) in [6.07, 6.45) is 2.21. The van der Waals surface area contributed by atoms with Gasteiger partial charge in [0.2, 0.25) is 0 Å². The summed E-state index contributed by atoms with van der Waals surface area (Å²) < 4.78 is 41.5. The second-order valence-electron chi connectivity index (χ2n) is 4.81. The van der Waals surface area contributed by atoms with Crippen molar-refractivity contribution in [3.63, 3.8) is 0 Å². The average molecular weight is 369 g/mol. The van der Waals surface area contributed by atoms with Crippen LogP contribution in [0.25, 0.3) is 0 Å². The van der Waals surface area contributed by atoms with E-state index in [1.807, 2.05) is 0 Å². The summed E-state index contributed by atoms with van der Waals surface area (Å²) in [5.74, 6) is -3.52. The zero-order valence-corrected chi connectivity index (χ0v) is 13.2. The summed E-state index contributed by atoms with van der Waals surface area (Å²) in [6, 6.07) is 6.20. The summed E-state index contributed by atoms with van der Waals surface area (Å²) in [5, 5.41) is 9.46. The van der Waals surface area contributed by atoms with Gasteiger partial charge in [0.25, 0.3) is 0 Å². The van der Waals surface area contributed by atoms with Gasteiger partial charge in [-0.3, -0.25) is 4.98 Å². The molecule has 0 amide bonds. The first-order valence-corrected chi connectivity index (χ1v) is 7.42. The Morgan fingerprint density at radius 2 is 1.82 bits per heavy atom. The van der Waals surface area contributed by atoms with Crippen molar-refractivity contribution in [1.29, 1.82) is 5.26 Å². The first-order valence-electron chi connectivity index (χ1n) is 6.63. The van der Waals surface area contributed by atoms with Crippen LogP contribution in [0, 0.1) is 28.8 Å². The second kappa shape index (κ2) is 6.93. The molecule has 0 aliphatic carbocycles. The molecule has 0 aliphatic heterocycles. The number of hydrogen-bond donors (Lipinski definition) is 0. The number of benzene rings is 1. The molecule has 2 nitrogen and oxygen atoms in total. The SMILES string of the molecule is CCC(c1c(F)cncc1F)C(C#N)c1ccc(F)c(Br)c1. The molecule has 1 aromatic carbocycles. The Bertz CT molecular complexity index is 708. The predicted molar refractivity (Wildman–Crippen MR) is 79.6 cm³/mol. The molecular formula is C16H12BrF3N2. The van der Waals surface area contributed by atoms with E-state index < -0.39 is 29.3 Å². The van der Waals surface area contributed by atoms with Crippen molar-refractivity contribution in [2.75, 3.05) is 0 Å². The van der Waals surface area contributed by atoms with E-state index in [0.29, 0.717) is 12.0 Å². The van der Waals surface area contributed by atoms with Gasteiger partial charge < -0.3 is 0 Å². The van der Waals surface area contributed by atoms with Gasteiger partial charge in [0.15, 0.2) is 0 Å². The van der Waals surface area contributed by atoms with E-state index in [0.717, 1.165) is 12.4 Å². The van der Waals surface area contributed by atoms with Gasteiger partial charge in [-0.15, -0.1) is 0 Å². The van der Waals surface area contributed by atoms with Gasteiger partial charge >= 0.3 is 0 Å². The van der Waals surface area contributed by atoms with Gasteiger partial charge in [0, 0.05) is 11.5 Å². The van der Waals surface area contributed by atoms with Crippen LogP contribution in [0.1, 0.15) is 36.3 Å². The molecule has 1 heterocycles. The third kappa shape index (κ3) is 3.14. The van der Waals surface area contributed by atoms with Gasteiger partial charge in [-0.1, -0.05) is 13.0 Å². The maximum atomic E-state index is 14.0. The molecule has 0 N–H and O–H groups in total. The summed E-state index contributed by atoms with van der Waals surface area (Å²) in [4.78, 5) is 3.45. The lowest BCUT2D eigenvalue weighted by Crippen LogP contribution is -2.13. The highest BCUT2D eigenvalue weighted by Crippen LogP contribution is 2.38. The van der Waals surface area contributed by atoms with E-state index in [1.165, 1.54) is 18.2 Å². The number of halogens is 4. The van der Waals surface area contributed by atoms with Gasteiger partial charge in [-0.2, -0.15) is 5.26 Å². The van der Waals surface area contributed by atoms with Gasteiger partial charge in [-0.05, 0) is 40.0 Å². The molecule has 0 saturated heterocycles. The predicted octanol–water partition coefficient (Wildman–Crippen LogP) is 5.06. The largest absolute Gasteiger partial charge is 0.259 e. The molecule has 2 atom stereocenters. The lowest BCUT2D eigenvalue weighted by molar-refractivity contribution is 0.490. The van der Waals surface area contributed by atoms with Crippen LogP contribution in [0.5, 0.6) is 0 Å². The van der Waals surface area contributed by atoms with Crippen molar-refractivity contribution in [2.24, 2.45) is 0 Å². The first kappa shape index (κ1) is 16.5. The molecule has 22 heavy (non-hydrogen) atoms. The molecule has 0 fully saturated rings. The van der Waals surface area contributed by atoms with Crippen LogP contribution in [0.3, 0.4) is 0 Å². The normalized spacial score (nSPS) is 13.5. The molecule has 2 aromatic rings. The van der Waals surface area contributed by atoms with Gasteiger partial charge in [0.05, 0.1) is 28.9 Å². The Balaban J connectivity index is 2.52. The lowest BCUT2D eigenvalue weighted by atomic mass is 9.80. The molecule has 0 spiro atoms. The maximum absolute atomic E-state index is 14.0. The quantitative estimate of drug-likeness (QED) is 0.755. The van der Waals surface area contributed by atoms with Crippen LogP contribution in [0.2, 0.25) is 0 Å². The van der Waals surface area contributed by atoms with E-state index in [2.05, 4.69) is 27.0 Å². The summed E-state index contributed by atoms with van der Waals surface area (Å²) in [6.45, 7) is 1.74. The molecular weight excluding hydrogens is 357 g/mol. The van der Waals surface area contributed by atoms with Crippen molar-refractivity contribution >= 4 is 15.9 Å². The fourth-order valence-corrected chi connectivity index (χ4v) is 2.88. The highest BCUT2D eigenvalue weighted by Gasteiger charge is 2.29. The number of hydrogen-bond acceptors (Lipinski definition) is 2. The van der Waals surface area contributed by atoms with Crippen LogP contribution in [-0.4, -0.2) is 4.98 Å². The standard InChI is InChI=1S/C16H12BrF3N2/c1-2-10(16-14(19)7-22-8-15(16)20)11(6-21)9-3-4-13(18)12(17)5-9/h3-5,7-8,10-11H,2H2,1H3. The Hall–Kier alpha value is -1.87. The van der Waals surface area contributed by atoms with Crippen LogP contribution < -0.4 is 0 Å². The number of rotatable bonds is 4. The Kier molecular flexibility index (Phi) is 5.19. The summed E-state index contributed by atoms with van der Waals surface area (Å²) in [5.41, 5.74) is 0.336. The first-order chi connectivity index (χ1) is 10.5. The smallest absolute Gasteiger partial charge is 0.147 e. The minimum atomic E-state index is -0.798. The van der Waals surface area contributed by atoms with Crippen molar-refractivity contribution in [3.05, 3.63) is 63.6 Å². The molecule has 0 saturated carbocycles. The van der Waals surface area contributed by atoms with Crippen LogP contribution in [-0.2, 0) is 0 Å². The zero-order chi connectivity index (χ0) is 16.3. The zero-order valence-electron chi connectivity index (χ0n) is 11.7. The molecule has 0 bridgehead atoms. The topological polar surface area (TPSA) is 36.7 Å². The molecule has 0 radical (unpaired) electrons. The molecule has 2 unspecified atom stereocenters. The number of pyridine rings is 1. The summed E-state index contributed by atoms with van der Waals surface area (Å²) in [7, 11) is 0. The van der Waals surface area contributed by atoms with Crippen molar-refractivity contribution in [1.82, 2.24) is 4.98 Å². The Morgan fingerprint density at radius 3 is 2.32 bits per heavy atom. The average Bonchev–Trinajstić information content (AvgIpc) is 2.49. The Labute approximate surface area is 134 Å². The molecule has 0 aliphatic rings. The lowest BCUT2D eigenvalue weighted by Gasteiger charge is -2.22. The molecule has 2 rings (SSSR count). The minimum Gasteiger partial charge on any atom is -0.259 e. The van der Waals surface area contributed by atoms with Gasteiger partial charge in [0.1, 0.15) is 17.5 Å².